The predicted molar refractivity (Wildman–Crippen MR) is 110 cm³/mol. The molecule has 0 atom stereocenters. The van der Waals surface area contributed by atoms with Crippen molar-refractivity contribution in [2.45, 2.75) is 19.6 Å². The molecular weight excluding hydrogens is 466 g/mol. The van der Waals surface area contributed by atoms with Crippen molar-refractivity contribution in [3.8, 4) is 5.82 Å². The SMILES string of the molecule is Cc1c(F)cccc1Cn1ncc(C(=O)Nc2cnc(-n3nccn3)c(Cl)c2)c1C(F)(F)F. The number of nitrogens with zero attached hydrogens (tertiary/aromatic N) is 6. The van der Waals surface area contributed by atoms with Crippen LogP contribution in [-0.4, -0.2) is 35.7 Å². The van der Waals surface area contributed by atoms with E-state index in [1.807, 2.05) is 0 Å². The Bertz CT molecular complexity index is 1320. The number of nitrogens with one attached hydrogen (secondary N) is 1. The Morgan fingerprint density at radius 3 is 2.55 bits per heavy atom. The summed E-state index contributed by atoms with van der Waals surface area (Å²) in [4.78, 5) is 17.8. The Kier molecular flexibility index (Phi) is 5.85. The molecule has 0 bridgehead atoms. The molecule has 3 aromatic heterocycles. The zero-order chi connectivity index (χ0) is 23.8. The van der Waals surface area contributed by atoms with Crippen molar-refractivity contribution in [1.82, 2.24) is 29.8 Å². The quantitative estimate of drug-likeness (QED) is 0.431. The minimum atomic E-state index is -4.89. The van der Waals surface area contributed by atoms with Crippen LogP contribution in [0.5, 0.6) is 0 Å². The second kappa shape index (κ2) is 8.62. The van der Waals surface area contributed by atoms with Gasteiger partial charge in [-0.2, -0.15) is 28.5 Å². The molecule has 13 heteroatoms. The van der Waals surface area contributed by atoms with Gasteiger partial charge in [-0.15, -0.1) is 4.80 Å². The molecule has 4 rings (SSSR count). The number of alkyl halides is 3. The van der Waals surface area contributed by atoms with E-state index in [1.54, 1.807) is 0 Å². The predicted octanol–water partition coefficient (Wildman–Crippen LogP) is 4.28. The van der Waals surface area contributed by atoms with Crippen molar-refractivity contribution in [3.05, 3.63) is 82.3 Å². The molecule has 1 N–H and O–H groups in total. The van der Waals surface area contributed by atoms with E-state index in [0.717, 1.165) is 11.0 Å². The molecular formula is C20H14ClF4N7O. The Morgan fingerprint density at radius 2 is 1.88 bits per heavy atom. The maximum Gasteiger partial charge on any atom is 0.433 e. The van der Waals surface area contributed by atoms with E-state index >= 15 is 0 Å². The first-order valence-corrected chi connectivity index (χ1v) is 9.73. The number of amides is 1. The maximum atomic E-state index is 13.8. The number of pyridine rings is 1. The largest absolute Gasteiger partial charge is 0.433 e. The number of carbonyl (C=O) groups excluding carboxylic acids is 1. The summed E-state index contributed by atoms with van der Waals surface area (Å²) in [7, 11) is 0. The van der Waals surface area contributed by atoms with E-state index < -0.39 is 29.2 Å². The number of rotatable bonds is 5. The van der Waals surface area contributed by atoms with Crippen LogP contribution in [0.4, 0.5) is 23.2 Å². The van der Waals surface area contributed by atoms with Crippen molar-refractivity contribution in [2.75, 3.05) is 5.32 Å². The first kappa shape index (κ1) is 22.4. The van der Waals surface area contributed by atoms with Gasteiger partial charge in [-0.05, 0) is 30.2 Å². The van der Waals surface area contributed by atoms with Crippen LogP contribution in [0, 0.1) is 12.7 Å². The normalized spacial score (nSPS) is 11.6. The number of carbonyl (C=O) groups is 1. The van der Waals surface area contributed by atoms with Gasteiger partial charge >= 0.3 is 6.18 Å². The molecule has 0 radical (unpaired) electrons. The Morgan fingerprint density at radius 1 is 1.15 bits per heavy atom. The lowest BCUT2D eigenvalue weighted by molar-refractivity contribution is -0.144. The van der Waals surface area contributed by atoms with Crippen LogP contribution >= 0.6 is 11.6 Å². The van der Waals surface area contributed by atoms with Crippen LogP contribution in [0.1, 0.15) is 27.2 Å². The van der Waals surface area contributed by atoms with E-state index in [9.17, 15) is 22.4 Å². The third-order valence-electron chi connectivity index (χ3n) is 4.74. The minimum absolute atomic E-state index is 0.0581. The smallest absolute Gasteiger partial charge is 0.320 e. The zero-order valence-corrected chi connectivity index (χ0v) is 17.6. The number of anilines is 1. The summed E-state index contributed by atoms with van der Waals surface area (Å²) < 4.78 is 55.9. The molecule has 4 aromatic rings. The molecule has 0 aliphatic heterocycles. The second-order valence-corrected chi connectivity index (χ2v) is 7.30. The van der Waals surface area contributed by atoms with Crippen LogP contribution in [0.2, 0.25) is 5.02 Å². The van der Waals surface area contributed by atoms with Crippen LogP contribution in [0.15, 0.2) is 49.1 Å². The standard InChI is InChI=1S/C20H14ClF4N7O/c1-11-12(3-2-4-16(11)22)10-31-17(20(23,24)25)14(9-29-31)19(33)30-13-7-15(21)18(26-8-13)32-27-5-6-28-32/h2-9H,10H2,1H3,(H,30,33). The number of aromatic nitrogens is 6. The summed E-state index contributed by atoms with van der Waals surface area (Å²) in [5.74, 6) is -1.44. The molecule has 0 saturated carbocycles. The molecule has 1 aromatic carbocycles. The first-order valence-electron chi connectivity index (χ1n) is 9.35. The summed E-state index contributed by atoms with van der Waals surface area (Å²) in [5, 5.41) is 13.9. The molecule has 0 fully saturated rings. The lowest BCUT2D eigenvalue weighted by atomic mass is 10.1. The Hall–Kier alpha value is -3.80. The molecule has 170 valence electrons. The van der Waals surface area contributed by atoms with Crippen molar-refractivity contribution < 1.29 is 22.4 Å². The van der Waals surface area contributed by atoms with E-state index in [1.165, 1.54) is 49.8 Å². The summed E-state index contributed by atoms with van der Waals surface area (Å²) in [6.07, 6.45) is -0.0548. The summed E-state index contributed by atoms with van der Waals surface area (Å²) in [6.45, 7) is 1.08. The summed E-state index contributed by atoms with van der Waals surface area (Å²) in [5.41, 5.74) is -1.41. The summed E-state index contributed by atoms with van der Waals surface area (Å²) >= 11 is 6.13. The molecule has 8 nitrogen and oxygen atoms in total. The van der Waals surface area contributed by atoms with Gasteiger partial charge in [-0.25, -0.2) is 9.37 Å². The highest BCUT2D eigenvalue weighted by Crippen LogP contribution is 2.33. The lowest BCUT2D eigenvalue weighted by Gasteiger charge is -2.14. The van der Waals surface area contributed by atoms with Gasteiger partial charge in [0.25, 0.3) is 5.91 Å². The van der Waals surface area contributed by atoms with Gasteiger partial charge in [0.2, 0.25) is 0 Å². The topological polar surface area (TPSA) is 90.5 Å². The second-order valence-electron chi connectivity index (χ2n) is 6.89. The number of benzene rings is 1. The van der Waals surface area contributed by atoms with Gasteiger partial charge in [0, 0.05) is 0 Å². The minimum Gasteiger partial charge on any atom is -0.320 e. The van der Waals surface area contributed by atoms with Crippen LogP contribution in [-0.2, 0) is 12.7 Å². The van der Waals surface area contributed by atoms with Crippen molar-refractivity contribution in [3.63, 3.8) is 0 Å². The molecule has 0 aliphatic carbocycles. The van der Waals surface area contributed by atoms with E-state index in [2.05, 4.69) is 25.6 Å². The van der Waals surface area contributed by atoms with E-state index in [4.69, 9.17) is 11.6 Å². The van der Waals surface area contributed by atoms with Gasteiger partial charge in [-0.1, -0.05) is 23.7 Å². The number of hydrogen-bond donors (Lipinski definition) is 1. The van der Waals surface area contributed by atoms with Crippen LogP contribution in [0.25, 0.3) is 5.82 Å². The fourth-order valence-electron chi connectivity index (χ4n) is 3.12. The van der Waals surface area contributed by atoms with Crippen molar-refractivity contribution in [2.24, 2.45) is 0 Å². The van der Waals surface area contributed by atoms with Crippen LogP contribution in [0.3, 0.4) is 0 Å². The highest BCUT2D eigenvalue weighted by Gasteiger charge is 2.40. The fourth-order valence-corrected chi connectivity index (χ4v) is 3.37. The molecule has 33 heavy (non-hydrogen) atoms. The molecule has 0 spiro atoms. The Balaban J connectivity index is 1.63. The summed E-state index contributed by atoms with van der Waals surface area (Å²) in [6, 6.07) is 5.39. The van der Waals surface area contributed by atoms with Gasteiger partial charge in [0.05, 0.1) is 47.6 Å². The maximum absolute atomic E-state index is 13.8. The van der Waals surface area contributed by atoms with Crippen molar-refractivity contribution >= 4 is 23.2 Å². The molecule has 3 heterocycles. The van der Waals surface area contributed by atoms with Gasteiger partial charge in [0.15, 0.2) is 11.5 Å². The van der Waals surface area contributed by atoms with Gasteiger partial charge in [-0.3, -0.25) is 9.48 Å². The third kappa shape index (κ3) is 4.55. The average Bonchev–Trinajstić information content (AvgIpc) is 3.41. The lowest BCUT2D eigenvalue weighted by Crippen LogP contribution is -2.22. The van der Waals surface area contributed by atoms with Gasteiger partial charge < -0.3 is 5.32 Å². The van der Waals surface area contributed by atoms with Crippen molar-refractivity contribution in [1.29, 1.82) is 0 Å². The highest BCUT2D eigenvalue weighted by atomic mass is 35.5. The first-order chi connectivity index (χ1) is 15.6. The zero-order valence-electron chi connectivity index (χ0n) is 16.8. The molecule has 1 amide bonds. The fraction of sp³-hybridized carbons (Fsp3) is 0.150. The molecule has 0 saturated heterocycles. The number of hydrogen-bond acceptors (Lipinski definition) is 5. The molecule has 0 aliphatic rings. The van der Waals surface area contributed by atoms with E-state index in [-0.39, 0.29) is 28.6 Å². The third-order valence-corrected chi connectivity index (χ3v) is 5.02. The number of halogens is 5. The average molecular weight is 480 g/mol. The highest BCUT2D eigenvalue weighted by molar-refractivity contribution is 6.32. The molecule has 0 unspecified atom stereocenters. The van der Waals surface area contributed by atoms with Crippen LogP contribution < -0.4 is 5.32 Å². The monoisotopic (exact) mass is 479 g/mol. The Labute approximate surface area is 188 Å². The van der Waals surface area contributed by atoms with Gasteiger partial charge in [0.1, 0.15) is 5.82 Å². The van der Waals surface area contributed by atoms with E-state index in [0.29, 0.717) is 10.2 Å².